The lowest BCUT2D eigenvalue weighted by atomic mass is 10.00. The Morgan fingerprint density at radius 3 is 2.09 bits per heavy atom. The number of hydrogen-bond acceptors (Lipinski definition) is 4. The summed E-state index contributed by atoms with van der Waals surface area (Å²) in [4.78, 5) is 11.6. The van der Waals surface area contributed by atoms with Crippen molar-refractivity contribution in [2.75, 3.05) is 13.2 Å². The van der Waals surface area contributed by atoms with Crippen LogP contribution in [0.3, 0.4) is 0 Å². The van der Waals surface area contributed by atoms with Gasteiger partial charge >= 0.3 is 0 Å². The van der Waals surface area contributed by atoms with E-state index >= 15 is 0 Å². The number of ketones is 1. The molecule has 0 fully saturated rings. The van der Waals surface area contributed by atoms with Gasteiger partial charge in [0, 0.05) is 12.6 Å². The fourth-order valence-corrected chi connectivity index (χ4v) is 2.51. The van der Waals surface area contributed by atoms with Crippen molar-refractivity contribution in [1.82, 2.24) is 5.32 Å². The number of rotatable bonds is 7. The minimum Gasteiger partial charge on any atom is -0.389 e. The number of benzene rings is 2. The van der Waals surface area contributed by atoms with Crippen molar-refractivity contribution >= 4 is 5.78 Å². The Labute approximate surface area is 137 Å². The van der Waals surface area contributed by atoms with Gasteiger partial charge in [0.1, 0.15) is 6.61 Å². The topological polar surface area (TPSA) is 75.3 Å². The molecule has 0 aliphatic rings. The summed E-state index contributed by atoms with van der Waals surface area (Å²) in [5.74, 6) is -0.282. The maximum absolute atomic E-state index is 11.6. The van der Waals surface area contributed by atoms with Crippen molar-refractivity contribution in [3.05, 3.63) is 59.7 Å². The average Bonchev–Trinajstić information content (AvgIpc) is 2.59. The summed E-state index contributed by atoms with van der Waals surface area (Å²) in [5.41, 5.74) is 10.2. The summed E-state index contributed by atoms with van der Waals surface area (Å²) in [6.07, 6.45) is 0. The van der Waals surface area contributed by atoms with E-state index in [-0.39, 0.29) is 18.4 Å². The first kappa shape index (κ1) is 17.3. The third kappa shape index (κ3) is 4.48. The molecule has 2 rings (SSSR count). The van der Waals surface area contributed by atoms with E-state index in [0.717, 1.165) is 11.1 Å². The highest BCUT2D eigenvalue weighted by Gasteiger charge is 2.18. The van der Waals surface area contributed by atoms with Crippen LogP contribution in [0.4, 0.5) is 0 Å². The first-order valence-corrected chi connectivity index (χ1v) is 7.82. The van der Waals surface area contributed by atoms with Crippen LogP contribution in [0.5, 0.6) is 0 Å². The van der Waals surface area contributed by atoms with Gasteiger partial charge in [0.25, 0.3) is 0 Å². The molecule has 0 aromatic heterocycles. The number of carbonyl (C=O) groups is 1. The van der Waals surface area contributed by atoms with Crippen LogP contribution in [0.2, 0.25) is 0 Å². The molecule has 4 nitrogen and oxygen atoms in total. The number of carbonyl (C=O) groups excluding carboxylic acids is 1. The third-order valence-electron chi connectivity index (χ3n) is 4.03. The standard InChI is InChI=1S/C19H24N2O2/c1-13-3-5-16(6-4-13)17-9-7-15(8-10-17)14(2)21-18(11-20)19(23)12-22/h3-10,14,18,21-22H,11-12,20H2,1-2H3/t14?,18-/m0/s1. The lowest BCUT2D eigenvalue weighted by molar-refractivity contribution is -0.123. The summed E-state index contributed by atoms with van der Waals surface area (Å²) in [5, 5.41) is 12.1. The summed E-state index contributed by atoms with van der Waals surface area (Å²) >= 11 is 0. The van der Waals surface area contributed by atoms with Gasteiger partial charge < -0.3 is 10.8 Å². The molecule has 122 valence electrons. The zero-order valence-corrected chi connectivity index (χ0v) is 13.6. The van der Waals surface area contributed by atoms with Crippen LogP contribution in [-0.4, -0.2) is 30.1 Å². The van der Waals surface area contributed by atoms with Gasteiger partial charge in [0.2, 0.25) is 0 Å². The Balaban J connectivity index is 2.09. The molecule has 0 saturated carbocycles. The molecule has 2 aromatic carbocycles. The molecule has 0 aliphatic carbocycles. The normalized spacial score (nSPS) is 13.6. The first-order chi connectivity index (χ1) is 11.0. The Kier molecular flexibility index (Phi) is 6.04. The van der Waals surface area contributed by atoms with Crippen LogP contribution in [0, 0.1) is 6.92 Å². The Morgan fingerprint density at radius 1 is 1.09 bits per heavy atom. The van der Waals surface area contributed by atoms with Gasteiger partial charge in [-0.25, -0.2) is 0 Å². The highest BCUT2D eigenvalue weighted by Crippen LogP contribution is 2.22. The number of aliphatic hydroxyl groups is 1. The van der Waals surface area contributed by atoms with Gasteiger partial charge in [0.05, 0.1) is 6.04 Å². The van der Waals surface area contributed by atoms with Crippen molar-refractivity contribution in [1.29, 1.82) is 0 Å². The summed E-state index contributed by atoms with van der Waals surface area (Å²) in [6, 6.07) is 16.1. The van der Waals surface area contributed by atoms with Crippen molar-refractivity contribution in [3.63, 3.8) is 0 Å². The van der Waals surface area contributed by atoms with E-state index in [4.69, 9.17) is 10.8 Å². The van der Waals surface area contributed by atoms with Gasteiger partial charge in [0.15, 0.2) is 5.78 Å². The van der Waals surface area contributed by atoms with Crippen molar-refractivity contribution in [2.45, 2.75) is 25.9 Å². The van der Waals surface area contributed by atoms with Crippen LogP contribution >= 0.6 is 0 Å². The molecule has 23 heavy (non-hydrogen) atoms. The first-order valence-electron chi connectivity index (χ1n) is 7.82. The number of aryl methyl sites for hydroxylation is 1. The molecule has 0 spiro atoms. The molecule has 1 unspecified atom stereocenters. The van der Waals surface area contributed by atoms with E-state index in [0.29, 0.717) is 0 Å². The van der Waals surface area contributed by atoms with E-state index in [1.165, 1.54) is 11.1 Å². The minimum absolute atomic E-state index is 0.0221. The van der Waals surface area contributed by atoms with Crippen molar-refractivity contribution in [3.8, 4) is 11.1 Å². The summed E-state index contributed by atoms with van der Waals surface area (Å²) in [6.45, 7) is 3.73. The number of nitrogens with one attached hydrogen (secondary N) is 1. The minimum atomic E-state index is -0.522. The monoisotopic (exact) mass is 312 g/mol. The molecular weight excluding hydrogens is 288 g/mol. The maximum atomic E-state index is 11.6. The fourth-order valence-electron chi connectivity index (χ4n) is 2.51. The Bertz CT molecular complexity index is 635. The van der Waals surface area contributed by atoms with E-state index in [1.807, 2.05) is 19.1 Å². The van der Waals surface area contributed by atoms with E-state index in [2.05, 4.69) is 48.6 Å². The van der Waals surface area contributed by atoms with Crippen LogP contribution < -0.4 is 11.1 Å². The number of aliphatic hydroxyl groups excluding tert-OH is 1. The molecule has 0 bridgehead atoms. The van der Waals surface area contributed by atoms with Crippen molar-refractivity contribution < 1.29 is 9.90 Å². The van der Waals surface area contributed by atoms with Crippen LogP contribution in [0.25, 0.3) is 11.1 Å². The van der Waals surface area contributed by atoms with Crippen LogP contribution in [0.1, 0.15) is 24.1 Å². The van der Waals surface area contributed by atoms with Crippen LogP contribution in [-0.2, 0) is 4.79 Å². The number of nitrogens with two attached hydrogens (primary N) is 1. The summed E-state index contributed by atoms with van der Waals surface area (Å²) < 4.78 is 0. The average molecular weight is 312 g/mol. The molecule has 0 radical (unpaired) electrons. The quantitative estimate of drug-likeness (QED) is 0.732. The second-order valence-electron chi connectivity index (χ2n) is 5.79. The third-order valence-corrected chi connectivity index (χ3v) is 4.03. The number of Topliss-reactive ketones (excluding diaryl/α,β-unsaturated/α-hetero) is 1. The van der Waals surface area contributed by atoms with Gasteiger partial charge in [-0.05, 0) is 30.5 Å². The van der Waals surface area contributed by atoms with E-state index in [9.17, 15) is 4.79 Å². The Hall–Kier alpha value is -2.01. The fraction of sp³-hybridized carbons (Fsp3) is 0.316. The summed E-state index contributed by atoms with van der Waals surface area (Å²) in [7, 11) is 0. The predicted octanol–water partition coefficient (Wildman–Crippen LogP) is 2.20. The van der Waals surface area contributed by atoms with Gasteiger partial charge in [-0.3, -0.25) is 10.1 Å². The highest BCUT2D eigenvalue weighted by molar-refractivity contribution is 5.85. The molecule has 4 heteroatoms. The lowest BCUT2D eigenvalue weighted by Gasteiger charge is -2.21. The largest absolute Gasteiger partial charge is 0.389 e. The molecule has 0 heterocycles. The van der Waals surface area contributed by atoms with Crippen LogP contribution in [0.15, 0.2) is 48.5 Å². The maximum Gasteiger partial charge on any atom is 0.176 e. The number of hydrogen-bond donors (Lipinski definition) is 3. The molecular formula is C19H24N2O2. The van der Waals surface area contributed by atoms with Gasteiger partial charge in [-0.15, -0.1) is 0 Å². The second kappa shape index (κ2) is 8.02. The molecule has 4 N–H and O–H groups in total. The molecule has 2 atom stereocenters. The zero-order chi connectivity index (χ0) is 16.8. The van der Waals surface area contributed by atoms with Crippen molar-refractivity contribution in [2.24, 2.45) is 5.73 Å². The molecule has 0 saturated heterocycles. The van der Waals surface area contributed by atoms with E-state index < -0.39 is 12.6 Å². The molecule has 0 aliphatic heterocycles. The predicted molar refractivity (Wildman–Crippen MR) is 93.1 cm³/mol. The van der Waals surface area contributed by atoms with Gasteiger partial charge in [-0.1, -0.05) is 54.1 Å². The lowest BCUT2D eigenvalue weighted by Crippen LogP contribution is -2.45. The van der Waals surface area contributed by atoms with Gasteiger partial charge in [-0.2, -0.15) is 0 Å². The smallest absolute Gasteiger partial charge is 0.176 e. The molecule has 2 aromatic rings. The zero-order valence-electron chi connectivity index (χ0n) is 13.6. The SMILES string of the molecule is Cc1ccc(-c2ccc(C(C)N[C@@H](CN)C(=O)CO)cc2)cc1. The highest BCUT2D eigenvalue weighted by atomic mass is 16.3. The van der Waals surface area contributed by atoms with E-state index in [1.54, 1.807) is 0 Å². The Morgan fingerprint density at radius 2 is 1.61 bits per heavy atom. The second-order valence-corrected chi connectivity index (χ2v) is 5.79. The molecule has 0 amide bonds.